The number of nitrogens with two attached hydrogens (primary N) is 1. The molecule has 0 saturated carbocycles. The van der Waals surface area contributed by atoms with Crippen LogP contribution in [-0.4, -0.2) is 34.5 Å². The van der Waals surface area contributed by atoms with E-state index < -0.39 is 29.4 Å². The minimum atomic E-state index is -1.28. The Bertz CT molecular complexity index is 1010. The molecule has 0 spiro atoms. The summed E-state index contributed by atoms with van der Waals surface area (Å²) in [5.41, 5.74) is 5.84. The molecule has 0 aliphatic heterocycles. The molecular weight excluding hydrogens is 361 g/mol. The van der Waals surface area contributed by atoms with Crippen LogP contribution in [0.3, 0.4) is 0 Å². The summed E-state index contributed by atoms with van der Waals surface area (Å²) in [6.45, 7) is 0.170. The summed E-state index contributed by atoms with van der Waals surface area (Å²) in [6.07, 6.45) is 2.55. The van der Waals surface area contributed by atoms with Gasteiger partial charge in [0, 0.05) is 24.4 Å². The molecule has 0 aliphatic carbocycles. The highest BCUT2D eigenvalue weighted by Crippen LogP contribution is 2.26. The third-order valence-corrected chi connectivity index (χ3v) is 3.92. The summed E-state index contributed by atoms with van der Waals surface area (Å²) >= 11 is 0. The monoisotopic (exact) mass is 376 g/mol. The summed E-state index contributed by atoms with van der Waals surface area (Å²) in [6, 6.07) is 1.88. The number of hydrogen-bond donors (Lipinski definition) is 3. The molecule has 1 unspecified atom stereocenters. The standard InChI is InChI=1S/C17H15F3N6O/c1-22-6-13(9-4-11(19)12(20)5-10(9)18)26-17-15-14(24-7-25-17)8(16(21)27)2-3-23-15/h2-5,7,13,22H,6H2,1H3,(H2,21,27)(H,24,25,26). The van der Waals surface area contributed by atoms with Crippen LogP contribution in [0.5, 0.6) is 0 Å². The summed E-state index contributed by atoms with van der Waals surface area (Å²) in [5.74, 6) is -3.86. The zero-order valence-electron chi connectivity index (χ0n) is 14.1. The second-order valence-corrected chi connectivity index (χ2v) is 5.68. The van der Waals surface area contributed by atoms with Crippen LogP contribution in [0.4, 0.5) is 19.0 Å². The first kappa shape index (κ1) is 18.5. The molecule has 4 N–H and O–H groups in total. The van der Waals surface area contributed by atoms with Crippen molar-refractivity contribution >= 4 is 22.8 Å². The molecule has 1 aromatic carbocycles. The maximum Gasteiger partial charge on any atom is 0.251 e. The van der Waals surface area contributed by atoms with Gasteiger partial charge in [-0.05, 0) is 19.2 Å². The lowest BCUT2D eigenvalue weighted by Gasteiger charge is -2.21. The first-order valence-electron chi connectivity index (χ1n) is 7.87. The summed E-state index contributed by atoms with van der Waals surface area (Å²) in [7, 11) is 1.62. The smallest absolute Gasteiger partial charge is 0.251 e. The van der Waals surface area contributed by atoms with E-state index in [1.165, 1.54) is 18.6 Å². The number of halogens is 3. The van der Waals surface area contributed by atoms with E-state index in [0.29, 0.717) is 6.07 Å². The average molecular weight is 376 g/mol. The number of aromatic nitrogens is 3. The quantitative estimate of drug-likeness (QED) is 0.568. The van der Waals surface area contributed by atoms with Gasteiger partial charge in [0.2, 0.25) is 0 Å². The second-order valence-electron chi connectivity index (χ2n) is 5.68. The van der Waals surface area contributed by atoms with E-state index in [4.69, 9.17) is 5.73 Å². The largest absolute Gasteiger partial charge is 0.366 e. The fourth-order valence-electron chi connectivity index (χ4n) is 2.68. The molecule has 140 valence electrons. The number of hydrogen-bond acceptors (Lipinski definition) is 6. The fraction of sp³-hybridized carbons (Fsp3) is 0.176. The third kappa shape index (κ3) is 3.65. The van der Waals surface area contributed by atoms with Crippen molar-refractivity contribution in [1.29, 1.82) is 0 Å². The number of fused-ring (bicyclic) bond motifs is 1. The van der Waals surface area contributed by atoms with Gasteiger partial charge >= 0.3 is 0 Å². The summed E-state index contributed by atoms with van der Waals surface area (Å²) < 4.78 is 41.1. The molecule has 1 atom stereocenters. The number of anilines is 1. The van der Waals surface area contributed by atoms with Crippen molar-refractivity contribution in [2.24, 2.45) is 5.73 Å². The molecule has 0 saturated heterocycles. The molecule has 7 nitrogen and oxygen atoms in total. The fourth-order valence-corrected chi connectivity index (χ4v) is 2.68. The lowest BCUT2D eigenvalue weighted by Crippen LogP contribution is -2.25. The van der Waals surface area contributed by atoms with Crippen molar-refractivity contribution in [2.75, 3.05) is 18.9 Å². The van der Waals surface area contributed by atoms with Crippen LogP contribution < -0.4 is 16.4 Å². The maximum atomic E-state index is 14.2. The van der Waals surface area contributed by atoms with Crippen molar-refractivity contribution in [3.63, 3.8) is 0 Å². The van der Waals surface area contributed by atoms with E-state index in [1.807, 2.05) is 0 Å². The van der Waals surface area contributed by atoms with Gasteiger partial charge in [0.05, 0.1) is 11.6 Å². The SMILES string of the molecule is CNCC(Nc1ncnc2c(C(N)=O)ccnc12)c1cc(F)c(F)cc1F. The van der Waals surface area contributed by atoms with Gasteiger partial charge in [-0.1, -0.05) is 0 Å². The molecule has 10 heteroatoms. The van der Waals surface area contributed by atoms with Crippen LogP contribution in [0, 0.1) is 17.5 Å². The van der Waals surface area contributed by atoms with E-state index in [-0.39, 0.29) is 34.5 Å². The van der Waals surface area contributed by atoms with Gasteiger partial charge in [0.25, 0.3) is 5.91 Å². The van der Waals surface area contributed by atoms with E-state index in [0.717, 1.165) is 6.07 Å². The number of carbonyl (C=O) groups excluding carboxylic acids is 1. The highest BCUT2D eigenvalue weighted by atomic mass is 19.2. The number of carbonyl (C=O) groups is 1. The lowest BCUT2D eigenvalue weighted by atomic mass is 10.1. The molecular formula is C17H15F3N6O. The number of primary amides is 1. The average Bonchev–Trinajstić information content (AvgIpc) is 2.64. The van der Waals surface area contributed by atoms with Gasteiger partial charge in [0.1, 0.15) is 23.2 Å². The van der Waals surface area contributed by atoms with Crippen molar-refractivity contribution in [3.8, 4) is 0 Å². The molecule has 3 aromatic rings. The van der Waals surface area contributed by atoms with Crippen molar-refractivity contribution in [3.05, 3.63) is 59.3 Å². The normalized spacial score (nSPS) is 12.1. The van der Waals surface area contributed by atoms with Crippen LogP contribution in [0.25, 0.3) is 11.0 Å². The highest BCUT2D eigenvalue weighted by molar-refractivity contribution is 6.05. The summed E-state index contributed by atoms with van der Waals surface area (Å²) in [4.78, 5) is 23.8. The molecule has 0 radical (unpaired) electrons. The second kappa shape index (κ2) is 7.54. The van der Waals surface area contributed by atoms with Crippen LogP contribution in [-0.2, 0) is 0 Å². The van der Waals surface area contributed by atoms with Crippen molar-refractivity contribution in [2.45, 2.75) is 6.04 Å². The van der Waals surface area contributed by atoms with Crippen molar-refractivity contribution in [1.82, 2.24) is 20.3 Å². The Morgan fingerprint density at radius 2 is 1.85 bits per heavy atom. The molecule has 2 aromatic heterocycles. The number of benzene rings is 1. The topological polar surface area (TPSA) is 106 Å². The van der Waals surface area contributed by atoms with Crippen LogP contribution in [0.15, 0.2) is 30.7 Å². The Kier molecular flexibility index (Phi) is 5.17. The maximum absolute atomic E-state index is 14.2. The van der Waals surface area contributed by atoms with Gasteiger partial charge in [-0.2, -0.15) is 0 Å². The minimum absolute atomic E-state index is 0.0962. The van der Waals surface area contributed by atoms with E-state index in [1.54, 1.807) is 7.05 Å². The van der Waals surface area contributed by atoms with Crippen LogP contribution >= 0.6 is 0 Å². The number of likely N-dealkylation sites (N-methyl/N-ethyl adjacent to an activating group) is 1. The van der Waals surface area contributed by atoms with E-state index in [2.05, 4.69) is 25.6 Å². The predicted molar refractivity (Wildman–Crippen MR) is 92.5 cm³/mol. The lowest BCUT2D eigenvalue weighted by molar-refractivity contribution is 0.100. The van der Waals surface area contributed by atoms with E-state index >= 15 is 0 Å². The number of amides is 1. The van der Waals surface area contributed by atoms with Crippen LogP contribution in [0.2, 0.25) is 0 Å². The zero-order valence-corrected chi connectivity index (χ0v) is 14.1. The number of nitrogens with one attached hydrogen (secondary N) is 2. The van der Waals surface area contributed by atoms with Gasteiger partial charge in [-0.15, -0.1) is 0 Å². The molecule has 2 heterocycles. The molecule has 0 aliphatic rings. The van der Waals surface area contributed by atoms with Gasteiger partial charge in [-0.3, -0.25) is 9.78 Å². The first-order chi connectivity index (χ1) is 12.9. The van der Waals surface area contributed by atoms with Crippen LogP contribution in [0.1, 0.15) is 22.0 Å². The van der Waals surface area contributed by atoms with Crippen molar-refractivity contribution < 1.29 is 18.0 Å². The Hall–Kier alpha value is -3.27. The number of rotatable bonds is 6. The Morgan fingerprint density at radius 1 is 1.11 bits per heavy atom. The summed E-state index contributed by atoms with van der Waals surface area (Å²) in [5, 5.41) is 5.78. The number of pyridine rings is 1. The van der Waals surface area contributed by atoms with Gasteiger partial charge in [-0.25, -0.2) is 23.1 Å². The minimum Gasteiger partial charge on any atom is -0.366 e. The Morgan fingerprint density at radius 3 is 2.56 bits per heavy atom. The molecule has 3 rings (SSSR count). The molecule has 0 fully saturated rings. The zero-order chi connectivity index (χ0) is 19.6. The highest BCUT2D eigenvalue weighted by Gasteiger charge is 2.21. The Labute approximate surface area is 151 Å². The van der Waals surface area contributed by atoms with Gasteiger partial charge < -0.3 is 16.4 Å². The van der Waals surface area contributed by atoms with E-state index in [9.17, 15) is 18.0 Å². The third-order valence-electron chi connectivity index (χ3n) is 3.92. The van der Waals surface area contributed by atoms with Gasteiger partial charge in [0.15, 0.2) is 17.5 Å². The predicted octanol–water partition coefficient (Wildman–Crippen LogP) is 1.91. The Balaban J connectivity index is 2.07. The molecule has 0 bridgehead atoms. The first-order valence-corrected chi connectivity index (χ1v) is 7.87. The molecule has 1 amide bonds. The number of nitrogens with zero attached hydrogens (tertiary/aromatic N) is 3. The molecule has 27 heavy (non-hydrogen) atoms.